The Labute approximate surface area is 106 Å². The van der Waals surface area contributed by atoms with Crippen LogP contribution in [0, 0.1) is 0 Å². The lowest BCUT2D eigenvalue weighted by atomic mass is 10.1. The molecule has 0 aliphatic carbocycles. The molecule has 0 heterocycles. The maximum absolute atomic E-state index is 11.6. The van der Waals surface area contributed by atoms with Crippen molar-refractivity contribution in [3.63, 3.8) is 0 Å². The van der Waals surface area contributed by atoms with Gasteiger partial charge in [-0.3, -0.25) is 0 Å². The Balaban J connectivity index is 3.02. The average Bonchev–Trinajstić information content (AvgIpc) is 2.36. The lowest BCUT2D eigenvalue weighted by molar-refractivity contribution is 0.315. The SMILES string of the molecule is CCNS(=O)(=O)NC(/C(N)=N/O)c1ccccc1. The zero-order valence-electron chi connectivity index (χ0n) is 9.87. The summed E-state index contributed by atoms with van der Waals surface area (Å²) in [6.45, 7) is 1.90. The van der Waals surface area contributed by atoms with Gasteiger partial charge in [-0.1, -0.05) is 42.4 Å². The smallest absolute Gasteiger partial charge is 0.277 e. The molecule has 0 bridgehead atoms. The van der Waals surface area contributed by atoms with E-state index in [4.69, 9.17) is 10.9 Å². The van der Waals surface area contributed by atoms with Crippen LogP contribution >= 0.6 is 0 Å². The molecule has 0 fully saturated rings. The third-order valence-electron chi connectivity index (χ3n) is 2.15. The maximum atomic E-state index is 11.6. The minimum absolute atomic E-state index is 0.234. The van der Waals surface area contributed by atoms with Gasteiger partial charge in [0.05, 0.1) is 0 Å². The van der Waals surface area contributed by atoms with Crippen LogP contribution in [0.3, 0.4) is 0 Å². The van der Waals surface area contributed by atoms with Crippen LogP contribution in [0.5, 0.6) is 0 Å². The van der Waals surface area contributed by atoms with Gasteiger partial charge in [0, 0.05) is 6.54 Å². The fourth-order valence-electron chi connectivity index (χ4n) is 1.39. The van der Waals surface area contributed by atoms with Gasteiger partial charge in [0.25, 0.3) is 10.2 Å². The molecule has 1 aromatic carbocycles. The van der Waals surface area contributed by atoms with Crippen molar-refractivity contribution in [3.8, 4) is 0 Å². The van der Waals surface area contributed by atoms with Crippen LogP contribution in [0.1, 0.15) is 18.5 Å². The summed E-state index contributed by atoms with van der Waals surface area (Å²) in [5.74, 6) is -0.234. The number of hydrogen-bond acceptors (Lipinski definition) is 4. The molecule has 0 radical (unpaired) electrons. The van der Waals surface area contributed by atoms with E-state index in [2.05, 4.69) is 14.6 Å². The highest BCUT2D eigenvalue weighted by Crippen LogP contribution is 2.13. The van der Waals surface area contributed by atoms with Crippen molar-refractivity contribution < 1.29 is 13.6 Å². The van der Waals surface area contributed by atoms with E-state index >= 15 is 0 Å². The normalized spacial score (nSPS) is 14.4. The lowest BCUT2D eigenvalue weighted by Crippen LogP contribution is -2.43. The largest absolute Gasteiger partial charge is 0.409 e. The summed E-state index contributed by atoms with van der Waals surface area (Å²) in [6, 6.07) is 7.68. The molecule has 0 aliphatic rings. The minimum Gasteiger partial charge on any atom is -0.409 e. The molecule has 100 valence electrons. The summed E-state index contributed by atoms with van der Waals surface area (Å²) in [5, 5.41) is 11.6. The maximum Gasteiger partial charge on any atom is 0.277 e. The molecule has 0 saturated carbocycles. The van der Waals surface area contributed by atoms with Gasteiger partial charge in [0.2, 0.25) is 0 Å². The standard InChI is InChI=1S/C10H16N4O3S/c1-2-12-18(16,17)14-9(10(11)13-15)8-6-4-3-5-7-8/h3-7,9,12,14-15H,2H2,1H3,(H2,11,13). The van der Waals surface area contributed by atoms with Crippen molar-refractivity contribution in [1.82, 2.24) is 9.44 Å². The Hall–Kier alpha value is -1.64. The van der Waals surface area contributed by atoms with Crippen LogP contribution in [0.2, 0.25) is 0 Å². The van der Waals surface area contributed by atoms with Crippen LogP contribution in [0.25, 0.3) is 0 Å². The number of rotatable bonds is 6. The number of benzene rings is 1. The summed E-state index contributed by atoms with van der Waals surface area (Å²) in [5.41, 5.74) is 6.08. The fourth-order valence-corrected chi connectivity index (χ4v) is 2.42. The molecule has 0 aromatic heterocycles. The highest BCUT2D eigenvalue weighted by molar-refractivity contribution is 7.87. The van der Waals surface area contributed by atoms with E-state index < -0.39 is 16.3 Å². The van der Waals surface area contributed by atoms with E-state index in [1.807, 2.05) is 0 Å². The molecule has 5 N–H and O–H groups in total. The number of oxime groups is 1. The number of hydrogen-bond donors (Lipinski definition) is 4. The summed E-state index contributed by atoms with van der Waals surface area (Å²) >= 11 is 0. The summed E-state index contributed by atoms with van der Waals surface area (Å²) < 4.78 is 27.8. The topological polar surface area (TPSA) is 117 Å². The quantitative estimate of drug-likeness (QED) is 0.251. The van der Waals surface area contributed by atoms with E-state index in [-0.39, 0.29) is 12.4 Å². The van der Waals surface area contributed by atoms with Gasteiger partial charge in [-0.25, -0.2) is 4.72 Å². The van der Waals surface area contributed by atoms with Gasteiger partial charge in [0.15, 0.2) is 5.84 Å². The third kappa shape index (κ3) is 3.99. The van der Waals surface area contributed by atoms with Gasteiger partial charge in [-0.05, 0) is 5.56 Å². The summed E-state index contributed by atoms with van der Waals surface area (Å²) in [6.07, 6.45) is 0. The zero-order valence-corrected chi connectivity index (χ0v) is 10.7. The van der Waals surface area contributed by atoms with Crippen LogP contribution in [-0.2, 0) is 10.2 Å². The number of nitrogens with one attached hydrogen (secondary N) is 2. The first kappa shape index (κ1) is 14.4. The van der Waals surface area contributed by atoms with E-state index in [0.29, 0.717) is 5.56 Å². The zero-order chi connectivity index (χ0) is 13.6. The van der Waals surface area contributed by atoms with Gasteiger partial charge in [0.1, 0.15) is 6.04 Å². The fraction of sp³-hybridized carbons (Fsp3) is 0.300. The van der Waals surface area contributed by atoms with Crippen LogP contribution in [0.15, 0.2) is 35.5 Å². The molecule has 0 amide bonds. The molecule has 0 aliphatic heterocycles. The Morgan fingerprint density at radius 3 is 2.56 bits per heavy atom. The molecular formula is C10H16N4O3S. The molecular weight excluding hydrogens is 256 g/mol. The van der Waals surface area contributed by atoms with Gasteiger partial charge in [-0.2, -0.15) is 13.1 Å². The third-order valence-corrected chi connectivity index (χ3v) is 3.37. The predicted molar refractivity (Wildman–Crippen MR) is 68.3 cm³/mol. The Kier molecular flexibility index (Phi) is 5.08. The highest BCUT2D eigenvalue weighted by Gasteiger charge is 2.22. The first-order valence-electron chi connectivity index (χ1n) is 5.29. The van der Waals surface area contributed by atoms with Crippen molar-refractivity contribution in [1.29, 1.82) is 0 Å². The second-order valence-corrected chi connectivity index (χ2v) is 5.02. The van der Waals surface area contributed by atoms with Crippen LogP contribution in [-0.4, -0.2) is 26.0 Å². The first-order chi connectivity index (χ1) is 8.50. The molecule has 0 spiro atoms. The van der Waals surface area contributed by atoms with Crippen LogP contribution < -0.4 is 15.2 Å². The van der Waals surface area contributed by atoms with Crippen molar-refractivity contribution in [2.45, 2.75) is 13.0 Å². The first-order valence-corrected chi connectivity index (χ1v) is 6.77. The molecule has 1 aromatic rings. The van der Waals surface area contributed by atoms with Gasteiger partial charge in [-0.15, -0.1) is 0 Å². The van der Waals surface area contributed by atoms with Gasteiger partial charge < -0.3 is 10.9 Å². The van der Waals surface area contributed by atoms with E-state index in [1.54, 1.807) is 37.3 Å². The van der Waals surface area contributed by atoms with Crippen molar-refractivity contribution in [2.24, 2.45) is 10.9 Å². The van der Waals surface area contributed by atoms with Crippen molar-refractivity contribution in [2.75, 3.05) is 6.54 Å². The second kappa shape index (κ2) is 6.34. The Morgan fingerprint density at radius 2 is 2.06 bits per heavy atom. The Bertz CT molecular complexity index is 501. The number of nitrogens with two attached hydrogens (primary N) is 1. The van der Waals surface area contributed by atoms with E-state index in [0.717, 1.165) is 0 Å². The van der Waals surface area contributed by atoms with Crippen molar-refractivity contribution in [3.05, 3.63) is 35.9 Å². The highest BCUT2D eigenvalue weighted by atomic mass is 32.2. The summed E-state index contributed by atoms with van der Waals surface area (Å²) in [7, 11) is -3.71. The van der Waals surface area contributed by atoms with Crippen LogP contribution in [0.4, 0.5) is 0 Å². The molecule has 1 unspecified atom stereocenters. The molecule has 18 heavy (non-hydrogen) atoms. The summed E-state index contributed by atoms with van der Waals surface area (Å²) in [4.78, 5) is 0. The van der Waals surface area contributed by atoms with Crippen molar-refractivity contribution >= 4 is 16.0 Å². The lowest BCUT2D eigenvalue weighted by Gasteiger charge is -2.17. The van der Waals surface area contributed by atoms with E-state index in [1.165, 1.54) is 0 Å². The van der Waals surface area contributed by atoms with Gasteiger partial charge >= 0.3 is 0 Å². The molecule has 1 atom stereocenters. The number of nitrogens with zero attached hydrogens (tertiary/aromatic N) is 1. The second-order valence-electron chi connectivity index (χ2n) is 3.49. The Morgan fingerprint density at radius 1 is 1.44 bits per heavy atom. The van der Waals surface area contributed by atoms with E-state index in [9.17, 15) is 8.42 Å². The molecule has 0 saturated heterocycles. The molecule has 7 nitrogen and oxygen atoms in total. The monoisotopic (exact) mass is 272 g/mol. The molecule has 8 heteroatoms. The minimum atomic E-state index is -3.71. The average molecular weight is 272 g/mol. The number of amidine groups is 1. The predicted octanol–water partition coefficient (Wildman–Crippen LogP) is -0.0820. The molecule has 1 rings (SSSR count).